The van der Waals surface area contributed by atoms with Crippen LogP contribution in [0.15, 0.2) is 29.8 Å². The molecule has 0 spiro atoms. The third-order valence-corrected chi connectivity index (χ3v) is 4.18. The van der Waals surface area contributed by atoms with Gasteiger partial charge in [0.25, 0.3) is 0 Å². The number of rotatable bonds is 4. The van der Waals surface area contributed by atoms with Gasteiger partial charge in [0.1, 0.15) is 0 Å². The first kappa shape index (κ1) is 15.3. The van der Waals surface area contributed by atoms with Crippen molar-refractivity contribution in [2.24, 2.45) is 0 Å². The van der Waals surface area contributed by atoms with Crippen LogP contribution < -0.4 is 0 Å². The zero-order chi connectivity index (χ0) is 15.4. The molecule has 0 atom stereocenters. The van der Waals surface area contributed by atoms with Gasteiger partial charge in [0.15, 0.2) is 0 Å². The van der Waals surface area contributed by atoms with Crippen LogP contribution in [-0.4, -0.2) is 22.2 Å². The average molecular weight is 288 g/mol. The van der Waals surface area contributed by atoms with E-state index in [1.54, 1.807) is 12.1 Å². The molecule has 0 amide bonds. The van der Waals surface area contributed by atoms with Gasteiger partial charge in [-0.05, 0) is 36.8 Å². The lowest BCUT2D eigenvalue weighted by Gasteiger charge is -2.24. The van der Waals surface area contributed by atoms with Crippen molar-refractivity contribution in [3.63, 3.8) is 0 Å². The fraction of sp³-hybridized carbons (Fsp3) is 0.412. The first-order valence-corrected chi connectivity index (χ1v) is 7.29. The molecule has 1 saturated carbocycles. The molecule has 21 heavy (non-hydrogen) atoms. The van der Waals surface area contributed by atoms with Gasteiger partial charge in [-0.15, -0.1) is 0 Å². The second kappa shape index (κ2) is 6.57. The van der Waals surface area contributed by atoms with E-state index in [0.29, 0.717) is 11.5 Å². The van der Waals surface area contributed by atoms with Crippen LogP contribution in [0.2, 0.25) is 0 Å². The van der Waals surface area contributed by atoms with Gasteiger partial charge in [-0.2, -0.15) is 0 Å². The van der Waals surface area contributed by atoms with Crippen molar-refractivity contribution in [1.82, 2.24) is 0 Å². The van der Waals surface area contributed by atoms with Gasteiger partial charge in [-0.25, -0.2) is 9.59 Å². The highest BCUT2D eigenvalue weighted by atomic mass is 16.4. The molecule has 0 bridgehead atoms. The lowest BCUT2D eigenvalue weighted by molar-refractivity contribution is -0.134. The van der Waals surface area contributed by atoms with E-state index >= 15 is 0 Å². The molecular formula is C17H20O4. The van der Waals surface area contributed by atoms with Gasteiger partial charge >= 0.3 is 11.9 Å². The van der Waals surface area contributed by atoms with Crippen molar-refractivity contribution >= 4 is 17.5 Å². The lowest BCUT2D eigenvalue weighted by Crippen LogP contribution is -2.13. The number of hydrogen-bond acceptors (Lipinski definition) is 2. The van der Waals surface area contributed by atoms with Crippen molar-refractivity contribution in [1.29, 1.82) is 0 Å². The fourth-order valence-corrected chi connectivity index (χ4v) is 3.08. The number of carboxylic acid groups (broad SMARTS) is 2. The summed E-state index contributed by atoms with van der Waals surface area (Å²) in [6.07, 6.45) is 5.58. The van der Waals surface area contributed by atoms with Gasteiger partial charge in [0.05, 0.1) is 5.57 Å². The summed E-state index contributed by atoms with van der Waals surface area (Å²) in [6, 6.07) is 7.31. The van der Waals surface area contributed by atoms with E-state index in [-0.39, 0.29) is 11.1 Å². The van der Waals surface area contributed by atoms with E-state index in [1.165, 1.54) is 13.3 Å². The molecule has 0 saturated heterocycles. The summed E-state index contributed by atoms with van der Waals surface area (Å²) in [5.74, 6) is -2.05. The Labute approximate surface area is 124 Å². The van der Waals surface area contributed by atoms with E-state index in [2.05, 4.69) is 0 Å². The SMILES string of the molecule is C/C(C(=O)O)=C(/C(=O)O)c1ccccc1C1CCCCC1. The minimum absolute atomic E-state index is 0.0938. The molecule has 0 radical (unpaired) electrons. The summed E-state index contributed by atoms with van der Waals surface area (Å²) in [5.41, 5.74) is 1.31. The second-order valence-corrected chi connectivity index (χ2v) is 5.53. The molecule has 1 aliphatic carbocycles. The molecule has 1 aromatic carbocycles. The molecule has 112 valence electrons. The minimum Gasteiger partial charge on any atom is -0.478 e. The van der Waals surface area contributed by atoms with Crippen molar-refractivity contribution in [2.75, 3.05) is 0 Å². The largest absolute Gasteiger partial charge is 0.478 e. The van der Waals surface area contributed by atoms with Crippen LogP contribution in [0, 0.1) is 0 Å². The predicted octanol–water partition coefficient (Wildman–Crippen LogP) is 3.68. The topological polar surface area (TPSA) is 74.6 Å². The molecule has 1 aliphatic rings. The summed E-state index contributed by atoms with van der Waals surface area (Å²) >= 11 is 0. The monoisotopic (exact) mass is 288 g/mol. The van der Waals surface area contributed by atoms with E-state index in [4.69, 9.17) is 5.11 Å². The van der Waals surface area contributed by atoms with Crippen LogP contribution in [0.3, 0.4) is 0 Å². The molecule has 4 heteroatoms. The summed E-state index contributed by atoms with van der Waals surface area (Å²) in [7, 11) is 0. The summed E-state index contributed by atoms with van der Waals surface area (Å²) in [6.45, 7) is 1.35. The highest BCUT2D eigenvalue weighted by Crippen LogP contribution is 2.37. The summed E-state index contributed by atoms with van der Waals surface area (Å²) in [5, 5.41) is 18.6. The number of carbonyl (C=O) groups is 2. The second-order valence-electron chi connectivity index (χ2n) is 5.53. The third-order valence-electron chi connectivity index (χ3n) is 4.18. The third kappa shape index (κ3) is 3.32. The predicted molar refractivity (Wildman–Crippen MR) is 80.1 cm³/mol. The molecule has 1 fully saturated rings. The Balaban J connectivity index is 2.54. The Hall–Kier alpha value is -2.10. The zero-order valence-corrected chi connectivity index (χ0v) is 12.1. The van der Waals surface area contributed by atoms with Crippen LogP contribution in [0.25, 0.3) is 5.57 Å². The highest BCUT2D eigenvalue weighted by molar-refractivity contribution is 6.21. The molecule has 1 aromatic rings. The Morgan fingerprint density at radius 1 is 1.00 bits per heavy atom. The summed E-state index contributed by atoms with van der Waals surface area (Å²) in [4.78, 5) is 22.7. The maximum atomic E-state index is 11.6. The Morgan fingerprint density at radius 2 is 1.62 bits per heavy atom. The van der Waals surface area contributed by atoms with Crippen molar-refractivity contribution in [3.05, 3.63) is 41.0 Å². The van der Waals surface area contributed by atoms with Crippen LogP contribution in [0.4, 0.5) is 0 Å². The van der Waals surface area contributed by atoms with E-state index in [9.17, 15) is 14.7 Å². The molecule has 0 unspecified atom stereocenters. The number of hydrogen-bond donors (Lipinski definition) is 2. The lowest BCUT2D eigenvalue weighted by atomic mass is 9.80. The average Bonchev–Trinajstić information content (AvgIpc) is 2.48. The van der Waals surface area contributed by atoms with Gasteiger partial charge in [-0.3, -0.25) is 0 Å². The first-order chi connectivity index (χ1) is 10.0. The fourth-order valence-electron chi connectivity index (χ4n) is 3.08. The minimum atomic E-state index is -1.19. The normalized spacial score (nSPS) is 17.2. The Bertz CT molecular complexity index is 580. The van der Waals surface area contributed by atoms with Gasteiger partial charge < -0.3 is 10.2 Å². The number of benzene rings is 1. The maximum absolute atomic E-state index is 11.6. The standard InChI is InChI=1S/C17H20O4/c1-11(16(18)19)15(17(20)21)14-10-6-5-9-13(14)12-7-3-2-4-8-12/h5-6,9-10,12H,2-4,7-8H2,1H3,(H,18,19)(H,20,21)/b15-11-. The highest BCUT2D eigenvalue weighted by Gasteiger charge is 2.25. The molecule has 2 rings (SSSR count). The van der Waals surface area contributed by atoms with Gasteiger partial charge in [0.2, 0.25) is 0 Å². The molecule has 0 aromatic heterocycles. The van der Waals surface area contributed by atoms with Crippen LogP contribution in [0.1, 0.15) is 56.1 Å². The number of aliphatic carboxylic acids is 2. The van der Waals surface area contributed by atoms with Crippen LogP contribution in [0.5, 0.6) is 0 Å². The zero-order valence-electron chi connectivity index (χ0n) is 12.1. The first-order valence-electron chi connectivity index (χ1n) is 7.29. The van der Waals surface area contributed by atoms with Crippen LogP contribution >= 0.6 is 0 Å². The maximum Gasteiger partial charge on any atom is 0.336 e. The Morgan fingerprint density at radius 3 is 2.19 bits per heavy atom. The number of carboxylic acids is 2. The van der Waals surface area contributed by atoms with E-state index < -0.39 is 11.9 Å². The molecule has 2 N–H and O–H groups in total. The Kier molecular flexibility index (Phi) is 4.78. The molecule has 0 aliphatic heterocycles. The van der Waals surface area contributed by atoms with Crippen molar-refractivity contribution in [2.45, 2.75) is 44.9 Å². The van der Waals surface area contributed by atoms with E-state index in [1.807, 2.05) is 12.1 Å². The summed E-state index contributed by atoms with van der Waals surface area (Å²) < 4.78 is 0. The van der Waals surface area contributed by atoms with Gasteiger partial charge in [-0.1, -0.05) is 43.5 Å². The van der Waals surface area contributed by atoms with E-state index in [0.717, 1.165) is 31.2 Å². The van der Waals surface area contributed by atoms with Gasteiger partial charge in [0, 0.05) is 5.57 Å². The smallest absolute Gasteiger partial charge is 0.336 e. The van der Waals surface area contributed by atoms with Crippen molar-refractivity contribution < 1.29 is 19.8 Å². The molecule has 4 nitrogen and oxygen atoms in total. The van der Waals surface area contributed by atoms with Crippen molar-refractivity contribution in [3.8, 4) is 0 Å². The molecular weight excluding hydrogens is 268 g/mol. The molecule has 0 heterocycles. The van der Waals surface area contributed by atoms with Crippen LogP contribution in [-0.2, 0) is 9.59 Å². The quantitative estimate of drug-likeness (QED) is 0.829.